The molecule has 0 aliphatic heterocycles. The van der Waals surface area contributed by atoms with Gasteiger partial charge in [-0.1, -0.05) is 0 Å². The first-order valence-corrected chi connectivity index (χ1v) is 4.19. The van der Waals surface area contributed by atoms with Gasteiger partial charge in [0.05, 0.1) is 0 Å². The fourth-order valence-corrected chi connectivity index (χ4v) is 0. The zero-order valence-corrected chi connectivity index (χ0v) is 8.87. The quantitative estimate of drug-likeness (QED) is 0.246. The van der Waals surface area contributed by atoms with Gasteiger partial charge in [0, 0.05) is 0 Å². The topological polar surface area (TPSA) is 149 Å². The van der Waals surface area contributed by atoms with Crippen molar-refractivity contribution in [2.75, 3.05) is 0 Å². The summed E-state index contributed by atoms with van der Waals surface area (Å²) in [5, 5.41) is 0. The predicted octanol–water partition coefficient (Wildman–Crippen LogP) is -5.37. The Morgan fingerprint density at radius 2 is 0.750 bits per heavy atom. The van der Waals surface area contributed by atoms with Crippen molar-refractivity contribution in [2.45, 2.75) is 0 Å². The van der Waals surface area contributed by atoms with Gasteiger partial charge in [-0.2, -0.15) is 16.8 Å². The van der Waals surface area contributed by atoms with Crippen LogP contribution < -0.4 is 29.6 Å². The molecule has 0 bridgehead atoms. The number of hydrogen-bond donors (Lipinski definition) is 4. The van der Waals surface area contributed by atoms with E-state index >= 15 is 0 Å². The Bertz CT molecular complexity index is 219. The molecule has 0 heterocycles. The summed E-state index contributed by atoms with van der Waals surface area (Å²) < 4.78 is 63.2. The standard InChI is InChI=1S/Al.Na.2H2O4S.4H/c;;2*1-5(2,3)4;;;;/h;;2*(H2,1,2,3,4);;;;/q;+1;;;;;;-1. The molecule has 8 nitrogen and oxygen atoms in total. The number of hydrogen-bond acceptors (Lipinski definition) is 4. The third kappa shape index (κ3) is 735. The summed E-state index contributed by atoms with van der Waals surface area (Å²) in [5.41, 5.74) is 0. The molecule has 0 aliphatic carbocycles. The van der Waals surface area contributed by atoms with Crippen LogP contribution in [-0.2, 0) is 20.8 Å². The van der Waals surface area contributed by atoms with Crippen LogP contribution in [0.25, 0.3) is 0 Å². The van der Waals surface area contributed by atoms with Crippen molar-refractivity contribution in [3.63, 3.8) is 0 Å². The summed E-state index contributed by atoms with van der Waals surface area (Å²) >= 11 is 0. The fraction of sp³-hybridized carbons (Fsp3) is 0. The van der Waals surface area contributed by atoms with Crippen LogP contribution in [0, 0.1) is 0 Å². The summed E-state index contributed by atoms with van der Waals surface area (Å²) in [4.78, 5) is 0. The average Bonchev–Trinajstić information content (AvgIpc) is 1.12. The van der Waals surface area contributed by atoms with Crippen LogP contribution >= 0.6 is 0 Å². The van der Waals surface area contributed by atoms with E-state index in [2.05, 4.69) is 0 Å². The molecule has 0 atom stereocenters. The van der Waals surface area contributed by atoms with E-state index in [4.69, 9.17) is 35.0 Å². The molecule has 0 aromatic rings. The summed E-state index contributed by atoms with van der Waals surface area (Å²) in [6.07, 6.45) is 0. The average molecular weight is 250 g/mol. The van der Waals surface area contributed by atoms with E-state index in [0.29, 0.717) is 0 Å². The van der Waals surface area contributed by atoms with Gasteiger partial charge in [0.15, 0.2) is 17.4 Å². The van der Waals surface area contributed by atoms with E-state index in [1.807, 2.05) is 0 Å². The third-order valence-electron chi connectivity index (χ3n) is 0. The second-order valence-corrected chi connectivity index (χ2v) is 2.69. The molecule has 72 valence electrons. The van der Waals surface area contributed by atoms with E-state index in [0.717, 1.165) is 0 Å². The van der Waals surface area contributed by atoms with Crippen LogP contribution in [0.4, 0.5) is 0 Å². The van der Waals surface area contributed by atoms with Gasteiger partial charge in [-0.25, -0.2) is 0 Å². The minimum atomic E-state index is -4.67. The molecule has 0 aliphatic rings. The monoisotopic (exact) mass is 250 g/mol. The van der Waals surface area contributed by atoms with Crippen molar-refractivity contribution in [3.05, 3.63) is 0 Å². The summed E-state index contributed by atoms with van der Waals surface area (Å²) in [7, 11) is -9.33. The summed E-state index contributed by atoms with van der Waals surface area (Å²) in [5.74, 6) is 0. The minimum absolute atomic E-state index is 0. The third-order valence-corrected chi connectivity index (χ3v) is 0. The van der Waals surface area contributed by atoms with Crippen LogP contribution in [-0.4, -0.2) is 52.4 Å². The van der Waals surface area contributed by atoms with E-state index in [9.17, 15) is 0 Å². The van der Waals surface area contributed by atoms with Gasteiger partial charge >= 0.3 is 50.4 Å². The van der Waals surface area contributed by atoms with Crippen LogP contribution in [0.5, 0.6) is 0 Å². The van der Waals surface area contributed by atoms with Crippen molar-refractivity contribution in [2.24, 2.45) is 0 Å². The molecule has 4 N–H and O–H groups in total. The smallest absolute Gasteiger partial charge is 1.00 e. The molecule has 12 heteroatoms. The van der Waals surface area contributed by atoms with Crippen LogP contribution in [0.1, 0.15) is 1.43 Å². The van der Waals surface area contributed by atoms with Crippen molar-refractivity contribution < 1.29 is 66.0 Å². The maximum absolute atomic E-state index is 8.74. The maximum atomic E-state index is 8.74. The molecule has 0 saturated carbocycles. The summed E-state index contributed by atoms with van der Waals surface area (Å²) in [6, 6.07) is 0. The largest absolute Gasteiger partial charge is 1.00 e. The maximum Gasteiger partial charge on any atom is 1.00 e. The Kier molecular flexibility index (Phi) is 17.2. The number of rotatable bonds is 0. The van der Waals surface area contributed by atoms with Gasteiger partial charge in [0.1, 0.15) is 0 Å². The molecule has 0 aromatic heterocycles. The molecule has 0 radical (unpaired) electrons. The van der Waals surface area contributed by atoms with Gasteiger partial charge in [-0.3, -0.25) is 18.2 Å². The van der Waals surface area contributed by atoms with E-state index in [-0.39, 0.29) is 48.3 Å². The Morgan fingerprint density at radius 1 is 0.750 bits per heavy atom. The first-order valence-electron chi connectivity index (χ1n) is 1.40. The molecular weight excluding hydrogens is 242 g/mol. The Morgan fingerprint density at radius 3 is 0.750 bits per heavy atom. The van der Waals surface area contributed by atoms with Crippen molar-refractivity contribution in [1.82, 2.24) is 0 Å². The molecule has 0 fully saturated rings. The van der Waals surface area contributed by atoms with Crippen molar-refractivity contribution >= 4 is 38.2 Å². The van der Waals surface area contributed by atoms with Gasteiger partial charge in [0.25, 0.3) is 0 Å². The Hall–Kier alpha value is 1.27. The molecule has 0 spiro atoms. The normalized spacial score (nSPS) is 9.67. The molecule has 0 aromatic carbocycles. The Labute approximate surface area is 103 Å². The van der Waals surface area contributed by atoms with Crippen LogP contribution in [0.15, 0.2) is 0 Å². The molecule has 0 amide bonds. The first-order chi connectivity index (χ1) is 4.00. The van der Waals surface area contributed by atoms with E-state index < -0.39 is 20.8 Å². The molecule has 12 heavy (non-hydrogen) atoms. The van der Waals surface area contributed by atoms with E-state index in [1.54, 1.807) is 0 Å². The minimum Gasteiger partial charge on any atom is -1.00 e. The van der Waals surface area contributed by atoms with Crippen molar-refractivity contribution in [1.29, 1.82) is 0 Å². The van der Waals surface area contributed by atoms with Gasteiger partial charge in [-0.05, 0) is 0 Å². The zero-order chi connectivity index (χ0) is 9.00. The van der Waals surface area contributed by atoms with Gasteiger partial charge in [0.2, 0.25) is 0 Å². The Balaban J connectivity index is -0.0000000267. The molecule has 0 saturated heterocycles. The van der Waals surface area contributed by atoms with Crippen LogP contribution in [0.2, 0.25) is 0 Å². The fourth-order valence-electron chi connectivity index (χ4n) is 0. The van der Waals surface area contributed by atoms with Gasteiger partial charge < -0.3 is 1.43 Å². The van der Waals surface area contributed by atoms with Gasteiger partial charge in [-0.15, -0.1) is 0 Å². The molecular formula is H8AlNaO8S2. The van der Waals surface area contributed by atoms with Crippen LogP contribution in [0.3, 0.4) is 0 Å². The molecule has 0 unspecified atom stereocenters. The predicted molar refractivity (Wildman–Crippen MR) is 39.4 cm³/mol. The molecule has 0 rings (SSSR count). The second kappa shape index (κ2) is 8.85. The van der Waals surface area contributed by atoms with Crippen molar-refractivity contribution in [3.8, 4) is 0 Å². The SMILES string of the molecule is O=S(=O)(O)O.O=S(=O)(O)O.[AlH3].[H-].[Na+]. The first kappa shape index (κ1) is 23.3. The second-order valence-electron chi connectivity index (χ2n) is 0.896. The van der Waals surface area contributed by atoms with E-state index in [1.165, 1.54) is 0 Å². The zero-order valence-electron chi connectivity index (χ0n) is 6.24. The summed E-state index contributed by atoms with van der Waals surface area (Å²) in [6.45, 7) is 0.